The van der Waals surface area contributed by atoms with Gasteiger partial charge in [-0.05, 0) is 43.2 Å². The molecule has 1 aliphatic rings. The number of ether oxygens (including phenoxy) is 2. The summed E-state index contributed by atoms with van der Waals surface area (Å²) in [6.07, 6.45) is 4.39. The highest BCUT2D eigenvalue weighted by molar-refractivity contribution is 5.89. The largest absolute Gasteiger partial charge is 0.489 e. The summed E-state index contributed by atoms with van der Waals surface area (Å²) >= 11 is 0. The first-order valence-corrected chi connectivity index (χ1v) is 7.02. The first kappa shape index (κ1) is 13.6. The second-order valence-electron chi connectivity index (χ2n) is 5.17. The highest BCUT2D eigenvalue weighted by atomic mass is 16.5. The lowest BCUT2D eigenvalue weighted by atomic mass is 10.2. The molecule has 0 N–H and O–H groups in total. The molecule has 1 aromatic heterocycles. The Balaban J connectivity index is 1.57. The lowest BCUT2D eigenvalue weighted by Gasteiger charge is -2.07. The van der Waals surface area contributed by atoms with Gasteiger partial charge in [-0.15, -0.1) is 0 Å². The molecule has 0 saturated heterocycles. The van der Waals surface area contributed by atoms with Crippen molar-refractivity contribution in [2.24, 2.45) is 0 Å². The van der Waals surface area contributed by atoms with Crippen molar-refractivity contribution in [3.8, 4) is 5.75 Å². The molecule has 0 unspecified atom stereocenters. The van der Waals surface area contributed by atoms with Gasteiger partial charge in [-0.2, -0.15) is 0 Å². The molecule has 1 aliphatic carbocycles. The summed E-state index contributed by atoms with van der Waals surface area (Å²) in [5.41, 5.74) is 2.73. The third-order valence-corrected chi connectivity index (χ3v) is 3.52. The second kappa shape index (κ2) is 5.95. The van der Waals surface area contributed by atoms with Crippen LogP contribution in [-0.2, 0) is 11.3 Å². The Bertz CT molecular complexity index is 615. The van der Waals surface area contributed by atoms with Crippen LogP contribution in [0.1, 0.15) is 40.4 Å². The molecular weight excluding hydrogens is 266 g/mol. The van der Waals surface area contributed by atoms with E-state index in [1.807, 2.05) is 6.20 Å². The van der Waals surface area contributed by atoms with Gasteiger partial charge in [0.25, 0.3) is 0 Å². The fraction of sp³-hybridized carbons (Fsp3) is 0.294. The number of carbonyl (C=O) groups excluding carboxylic acids is 1. The van der Waals surface area contributed by atoms with Crippen LogP contribution < -0.4 is 4.74 Å². The Morgan fingerprint density at radius 2 is 1.95 bits per heavy atom. The van der Waals surface area contributed by atoms with E-state index in [4.69, 9.17) is 4.74 Å². The fourth-order valence-corrected chi connectivity index (χ4v) is 2.11. The summed E-state index contributed by atoms with van der Waals surface area (Å²) in [7, 11) is 1.37. The van der Waals surface area contributed by atoms with E-state index in [2.05, 4.69) is 21.9 Å². The minimum absolute atomic E-state index is 0.346. The summed E-state index contributed by atoms with van der Waals surface area (Å²) in [6.45, 7) is 0.468. The fourth-order valence-electron chi connectivity index (χ4n) is 2.11. The van der Waals surface area contributed by atoms with E-state index in [0.29, 0.717) is 23.8 Å². The zero-order valence-corrected chi connectivity index (χ0v) is 11.9. The normalized spacial score (nSPS) is 13.8. The van der Waals surface area contributed by atoms with Crippen LogP contribution in [0.15, 0.2) is 42.6 Å². The van der Waals surface area contributed by atoms with Crippen LogP contribution in [0, 0.1) is 0 Å². The second-order valence-corrected chi connectivity index (χ2v) is 5.17. The molecule has 0 spiro atoms. The van der Waals surface area contributed by atoms with E-state index < -0.39 is 0 Å². The number of rotatable bonds is 5. The molecule has 4 heteroatoms. The number of hydrogen-bond donors (Lipinski definition) is 0. The number of esters is 1. The number of methoxy groups -OCH3 is 1. The van der Waals surface area contributed by atoms with E-state index in [9.17, 15) is 4.79 Å². The van der Waals surface area contributed by atoms with Gasteiger partial charge in [-0.3, -0.25) is 4.98 Å². The third-order valence-electron chi connectivity index (χ3n) is 3.52. The SMILES string of the molecule is COC(=O)c1ccc(OCc2ccc(C3CC3)nc2)cc1. The van der Waals surface area contributed by atoms with Gasteiger partial charge < -0.3 is 9.47 Å². The third kappa shape index (κ3) is 3.40. The van der Waals surface area contributed by atoms with Crippen LogP contribution in [0.5, 0.6) is 5.75 Å². The molecule has 0 aliphatic heterocycles. The molecule has 2 aromatic rings. The maximum Gasteiger partial charge on any atom is 0.337 e. The number of carbonyl (C=O) groups is 1. The van der Waals surface area contributed by atoms with Crippen molar-refractivity contribution < 1.29 is 14.3 Å². The summed E-state index contributed by atoms with van der Waals surface area (Å²) < 4.78 is 10.3. The van der Waals surface area contributed by atoms with Gasteiger partial charge >= 0.3 is 5.97 Å². The summed E-state index contributed by atoms with van der Waals surface area (Å²) in [4.78, 5) is 15.8. The molecule has 0 radical (unpaired) electrons. The number of nitrogens with zero attached hydrogens (tertiary/aromatic N) is 1. The highest BCUT2D eigenvalue weighted by Gasteiger charge is 2.24. The monoisotopic (exact) mass is 283 g/mol. The standard InChI is InChI=1S/C17H17NO3/c1-20-17(19)14-5-7-15(8-6-14)21-11-12-2-9-16(18-10-12)13-3-4-13/h2,5-10,13H,3-4,11H2,1H3. The van der Waals surface area contributed by atoms with Crippen LogP contribution in [0.3, 0.4) is 0 Å². The number of pyridine rings is 1. The lowest BCUT2D eigenvalue weighted by molar-refractivity contribution is 0.0600. The van der Waals surface area contributed by atoms with Gasteiger partial charge in [0.2, 0.25) is 0 Å². The van der Waals surface area contributed by atoms with Gasteiger partial charge in [-0.25, -0.2) is 4.79 Å². The molecule has 1 fully saturated rings. The highest BCUT2D eigenvalue weighted by Crippen LogP contribution is 2.38. The molecule has 4 nitrogen and oxygen atoms in total. The van der Waals surface area contributed by atoms with Gasteiger partial charge in [0.05, 0.1) is 12.7 Å². The van der Waals surface area contributed by atoms with E-state index in [-0.39, 0.29) is 5.97 Å². The predicted molar refractivity (Wildman–Crippen MR) is 78.3 cm³/mol. The topological polar surface area (TPSA) is 48.4 Å². The maximum absolute atomic E-state index is 11.3. The van der Waals surface area contributed by atoms with Gasteiger partial charge in [0.1, 0.15) is 12.4 Å². The van der Waals surface area contributed by atoms with Crippen LogP contribution in [-0.4, -0.2) is 18.1 Å². The number of aromatic nitrogens is 1. The Hall–Kier alpha value is -2.36. The molecule has 3 rings (SSSR count). The summed E-state index contributed by atoms with van der Waals surface area (Å²) in [5.74, 6) is 1.04. The summed E-state index contributed by atoms with van der Waals surface area (Å²) in [5, 5.41) is 0. The van der Waals surface area contributed by atoms with Gasteiger partial charge in [-0.1, -0.05) is 6.07 Å². The zero-order chi connectivity index (χ0) is 14.7. The average Bonchev–Trinajstić information content (AvgIpc) is 3.38. The average molecular weight is 283 g/mol. The molecular formula is C17H17NO3. The van der Waals surface area contributed by atoms with Crippen LogP contribution in [0.2, 0.25) is 0 Å². The first-order chi connectivity index (χ1) is 10.3. The minimum Gasteiger partial charge on any atom is -0.489 e. The van der Waals surface area contributed by atoms with Crippen molar-refractivity contribution in [2.45, 2.75) is 25.4 Å². The van der Waals surface area contributed by atoms with Crippen molar-refractivity contribution >= 4 is 5.97 Å². The van der Waals surface area contributed by atoms with Gasteiger partial charge in [0.15, 0.2) is 0 Å². The van der Waals surface area contributed by atoms with Gasteiger partial charge in [0, 0.05) is 23.4 Å². The predicted octanol–water partition coefficient (Wildman–Crippen LogP) is 3.32. The lowest BCUT2D eigenvalue weighted by Crippen LogP contribution is -2.01. The van der Waals surface area contributed by atoms with E-state index >= 15 is 0 Å². The first-order valence-electron chi connectivity index (χ1n) is 7.02. The molecule has 0 amide bonds. The number of benzene rings is 1. The van der Waals surface area contributed by atoms with Crippen molar-refractivity contribution in [2.75, 3.05) is 7.11 Å². The molecule has 21 heavy (non-hydrogen) atoms. The van der Waals surface area contributed by atoms with E-state index in [1.54, 1.807) is 24.3 Å². The molecule has 1 aromatic carbocycles. The van der Waals surface area contributed by atoms with E-state index in [1.165, 1.54) is 25.6 Å². The summed E-state index contributed by atoms with van der Waals surface area (Å²) in [6, 6.07) is 11.0. The van der Waals surface area contributed by atoms with Crippen LogP contribution in [0.4, 0.5) is 0 Å². The van der Waals surface area contributed by atoms with Crippen molar-refractivity contribution in [3.63, 3.8) is 0 Å². The Labute approximate surface area is 123 Å². The van der Waals surface area contributed by atoms with Crippen molar-refractivity contribution in [1.82, 2.24) is 4.98 Å². The molecule has 0 atom stereocenters. The Kier molecular flexibility index (Phi) is 3.86. The molecule has 1 saturated carbocycles. The maximum atomic E-state index is 11.3. The van der Waals surface area contributed by atoms with Crippen LogP contribution in [0.25, 0.3) is 0 Å². The van der Waals surface area contributed by atoms with E-state index in [0.717, 1.165) is 5.56 Å². The number of hydrogen-bond acceptors (Lipinski definition) is 4. The van der Waals surface area contributed by atoms with Crippen LogP contribution >= 0.6 is 0 Å². The van der Waals surface area contributed by atoms with Crippen molar-refractivity contribution in [1.29, 1.82) is 0 Å². The van der Waals surface area contributed by atoms with Crippen molar-refractivity contribution in [3.05, 3.63) is 59.4 Å². The quantitative estimate of drug-likeness (QED) is 0.790. The Morgan fingerprint density at radius 3 is 2.52 bits per heavy atom. The smallest absolute Gasteiger partial charge is 0.337 e. The zero-order valence-electron chi connectivity index (χ0n) is 11.9. The minimum atomic E-state index is -0.346. The molecule has 1 heterocycles. The molecule has 108 valence electrons. The Morgan fingerprint density at radius 1 is 1.19 bits per heavy atom. The molecule has 0 bridgehead atoms.